The number of imidazole rings is 1. The Morgan fingerprint density at radius 2 is 1.74 bits per heavy atom. The fraction of sp³-hybridized carbons (Fsp3) is 0.348. The minimum Gasteiger partial charge on any atom is -0.352 e. The molecule has 1 aliphatic rings. The highest BCUT2D eigenvalue weighted by Crippen LogP contribution is 2.28. The van der Waals surface area contributed by atoms with Gasteiger partial charge in [0.1, 0.15) is 12.0 Å². The number of aryl methyl sites for hydroxylation is 1. The highest BCUT2D eigenvalue weighted by atomic mass is 15.1. The molecule has 158 valence electrons. The number of aromatic nitrogens is 6. The van der Waals surface area contributed by atoms with E-state index in [4.69, 9.17) is 4.98 Å². The van der Waals surface area contributed by atoms with Crippen molar-refractivity contribution in [3.63, 3.8) is 0 Å². The molecule has 0 aromatic carbocycles. The number of hydrogen-bond acceptors (Lipinski definition) is 7. The second-order valence-corrected chi connectivity index (χ2v) is 8.37. The van der Waals surface area contributed by atoms with Gasteiger partial charge in [-0.3, -0.25) is 4.40 Å². The van der Waals surface area contributed by atoms with Crippen molar-refractivity contribution in [2.75, 3.05) is 10.6 Å². The Labute approximate surface area is 181 Å². The van der Waals surface area contributed by atoms with Gasteiger partial charge in [-0.25, -0.2) is 24.9 Å². The first-order valence-corrected chi connectivity index (χ1v) is 10.8. The van der Waals surface area contributed by atoms with Gasteiger partial charge in [0.25, 0.3) is 0 Å². The van der Waals surface area contributed by atoms with Crippen molar-refractivity contribution in [2.24, 2.45) is 5.92 Å². The molecule has 2 N–H and O–H groups in total. The summed E-state index contributed by atoms with van der Waals surface area (Å²) >= 11 is 0. The molecule has 0 unspecified atom stereocenters. The van der Waals surface area contributed by atoms with Gasteiger partial charge in [-0.1, -0.05) is 6.92 Å². The van der Waals surface area contributed by atoms with Gasteiger partial charge in [0, 0.05) is 18.4 Å². The summed E-state index contributed by atoms with van der Waals surface area (Å²) in [5.74, 6) is 1.50. The SMILES string of the molecule is Cc1cnc(N[C@H]2CC[C@H](C)CC2)nc1-c1cnc2ccc(Nc3cncnc3)cn12. The number of anilines is 3. The minimum absolute atomic E-state index is 0.442. The molecule has 1 fully saturated rings. The van der Waals surface area contributed by atoms with E-state index in [1.54, 1.807) is 12.4 Å². The second-order valence-electron chi connectivity index (χ2n) is 8.37. The minimum atomic E-state index is 0.442. The summed E-state index contributed by atoms with van der Waals surface area (Å²) in [6.45, 7) is 4.36. The number of nitrogens with one attached hydrogen (secondary N) is 2. The molecule has 0 radical (unpaired) electrons. The molecule has 4 aromatic rings. The maximum absolute atomic E-state index is 4.87. The van der Waals surface area contributed by atoms with Crippen LogP contribution in [0.15, 0.2) is 49.4 Å². The predicted molar refractivity (Wildman–Crippen MR) is 121 cm³/mol. The van der Waals surface area contributed by atoms with E-state index >= 15 is 0 Å². The van der Waals surface area contributed by atoms with E-state index in [0.29, 0.717) is 12.0 Å². The van der Waals surface area contributed by atoms with Gasteiger partial charge in [-0.15, -0.1) is 0 Å². The first-order chi connectivity index (χ1) is 15.2. The number of nitrogens with zero attached hydrogens (tertiary/aromatic N) is 6. The van der Waals surface area contributed by atoms with Crippen LogP contribution in [0.25, 0.3) is 17.0 Å². The molecule has 1 saturated carbocycles. The van der Waals surface area contributed by atoms with Crippen molar-refractivity contribution in [1.29, 1.82) is 0 Å². The van der Waals surface area contributed by atoms with Crippen LogP contribution < -0.4 is 10.6 Å². The standard InChI is InChI=1S/C23H26N8/c1-15-3-5-17(6-4-15)29-23-27-9-16(2)22(30-23)20-12-26-21-8-7-18(13-31(20)21)28-19-10-24-14-25-11-19/h7-15,17,28H,3-6H2,1-2H3,(H,27,29,30)/t15-,17-. The zero-order chi connectivity index (χ0) is 21.2. The zero-order valence-electron chi connectivity index (χ0n) is 17.8. The third kappa shape index (κ3) is 4.19. The smallest absolute Gasteiger partial charge is 0.223 e. The van der Waals surface area contributed by atoms with Crippen LogP contribution >= 0.6 is 0 Å². The van der Waals surface area contributed by atoms with Gasteiger partial charge < -0.3 is 10.6 Å². The number of rotatable bonds is 5. The van der Waals surface area contributed by atoms with E-state index in [-0.39, 0.29) is 0 Å². The van der Waals surface area contributed by atoms with Gasteiger partial charge in [0.2, 0.25) is 5.95 Å². The summed E-state index contributed by atoms with van der Waals surface area (Å²) in [5, 5.41) is 6.87. The maximum Gasteiger partial charge on any atom is 0.223 e. The molecule has 4 heterocycles. The normalized spacial score (nSPS) is 18.8. The van der Waals surface area contributed by atoms with Crippen LogP contribution in [0.4, 0.5) is 17.3 Å². The van der Waals surface area contributed by atoms with Crippen LogP contribution in [0.3, 0.4) is 0 Å². The molecule has 0 saturated heterocycles. The number of pyridine rings is 1. The Hall–Kier alpha value is -3.55. The third-order valence-electron chi connectivity index (χ3n) is 5.92. The summed E-state index contributed by atoms with van der Waals surface area (Å²) in [6.07, 6.45) is 15.6. The summed E-state index contributed by atoms with van der Waals surface area (Å²) in [7, 11) is 0. The van der Waals surface area contributed by atoms with Crippen molar-refractivity contribution in [3.05, 3.63) is 55.0 Å². The summed E-state index contributed by atoms with van der Waals surface area (Å²) in [5.41, 5.74) is 5.44. The summed E-state index contributed by atoms with van der Waals surface area (Å²) in [4.78, 5) is 22.1. The summed E-state index contributed by atoms with van der Waals surface area (Å²) < 4.78 is 2.05. The third-order valence-corrected chi connectivity index (χ3v) is 5.92. The Kier molecular flexibility index (Phi) is 5.19. The molecule has 8 nitrogen and oxygen atoms in total. The molecule has 0 bridgehead atoms. The molecule has 8 heteroatoms. The largest absolute Gasteiger partial charge is 0.352 e. The first-order valence-electron chi connectivity index (χ1n) is 10.8. The Morgan fingerprint density at radius 1 is 0.935 bits per heavy atom. The fourth-order valence-corrected chi connectivity index (χ4v) is 4.12. The van der Waals surface area contributed by atoms with E-state index in [9.17, 15) is 0 Å². The maximum atomic E-state index is 4.87. The van der Waals surface area contributed by atoms with Crippen LogP contribution in [0, 0.1) is 12.8 Å². The monoisotopic (exact) mass is 414 g/mol. The van der Waals surface area contributed by atoms with E-state index in [2.05, 4.69) is 37.5 Å². The molecule has 0 aliphatic heterocycles. The van der Waals surface area contributed by atoms with Gasteiger partial charge in [-0.2, -0.15) is 0 Å². The second kappa shape index (κ2) is 8.29. The fourth-order valence-electron chi connectivity index (χ4n) is 4.12. The molecule has 0 atom stereocenters. The molecule has 5 rings (SSSR count). The quantitative estimate of drug-likeness (QED) is 0.492. The lowest BCUT2D eigenvalue weighted by Gasteiger charge is -2.27. The molecular formula is C23H26N8. The van der Waals surface area contributed by atoms with Crippen molar-refractivity contribution in [1.82, 2.24) is 29.3 Å². The molecular weight excluding hydrogens is 388 g/mol. The topological polar surface area (TPSA) is 92.9 Å². The lowest BCUT2D eigenvalue weighted by Crippen LogP contribution is -2.26. The van der Waals surface area contributed by atoms with Crippen LogP contribution in [0.2, 0.25) is 0 Å². The Bertz CT molecular complexity index is 1180. The van der Waals surface area contributed by atoms with E-state index in [0.717, 1.165) is 39.9 Å². The number of hydrogen-bond donors (Lipinski definition) is 2. The van der Waals surface area contributed by atoms with Gasteiger partial charge in [-0.05, 0) is 56.2 Å². The molecule has 0 amide bonds. The average molecular weight is 415 g/mol. The average Bonchev–Trinajstić information content (AvgIpc) is 3.20. The van der Waals surface area contributed by atoms with Gasteiger partial charge in [0.05, 0.1) is 41.4 Å². The van der Waals surface area contributed by atoms with E-state index < -0.39 is 0 Å². The van der Waals surface area contributed by atoms with Gasteiger partial charge >= 0.3 is 0 Å². The highest BCUT2D eigenvalue weighted by molar-refractivity contribution is 5.67. The molecule has 1 aliphatic carbocycles. The van der Waals surface area contributed by atoms with Crippen LogP contribution in [-0.2, 0) is 0 Å². The Morgan fingerprint density at radius 3 is 2.55 bits per heavy atom. The number of fused-ring (bicyclic) bond motifs is 1. The first kappa shape index (κ1) is 19.4. The van der Waals surface area contributed by atoms with E-state index in [1.165, 1.54) is 32.0 Å². The van der Waals surface area contributed by atoms with Crippen molar-refractivity contribution in [2.45, 2.75) is 45.6 Å². The van der Waals surface area contributed by atoms with Crippen LogP contribution in [0.5, 0.6) is 0 Å². The molecule has 31 heavy (non-hydrogen) atoms. The zero-order valence-corrected chi connectivity index (χ0v) is 17.8. The van der Waals surface area contributed by atoms with Crippen molar-refractivity contribution < 1.29 is 0 Å². The van der Waals surface area contributed by atoms with Crippen LogP contribution in [0.1, 0.15) is 38.2 Å². The van der Waals surface area contributed by atoms with Gasteiger partial charge in [0.15, 0.2) is 0 Å². The van der Waals surface area contributed by atoms with Crippen molar-refractivity contribution >= 4 is 23.0 Å². The predicted octanol–water partition coefficient (Wildman–Crippen LogP) is 4.62. The molecule has 0 spiro atoms. The molecule has 4 aromatic heterocycles. The summed E-state index contributed by atoms with van der Waals surface area (Å²) in [6, 6.07) is 4.41. The Balaban J connectivity index is 1.45. The lowest BCUT2D eigenvalue weighted by atomic mass is 9.87. The highest BCUT2D eigenvalue weighted by Gasteiger charge is 2.19. The van der Waals surface area contributed by atoms with Crippen LogP contribution in [-0.4, -0.2) is 35.4 Å². The van der Waals surface area contributed by atoms with Crippen molar-refractivity contribution in [3.8, 4) is 11.4 Å². The van der Waals surface area contributed by atoms with E-state index in [1.807, 2.05) is 42.0 Å². The lowest BCUT2D eigenvalue weighted by molar-refractivity contribution is 0.360.